The van der Waals surface area contributed by atoms with Crippen LogP contribution in [-0.2, 0) is 6.42 Å². The molecule has 0 saturated heterocycles. The first-order valence-electron chi connectivity index (χ1n) is 8.07. The minimum Gasteiger partial charge on any atom is -0.456 e. The Hall–Kier alpha value is -2.61. The molecule has 2 heteroatoms. The summed E-state index contributed by atoms with van der Waals surface area (Å²) in [4.78, 5) is 4.56. The van der Waals surface area contributed by atoms with Crippen LogP contribution in [0.15, 0.2) is 65.2 Å². The standard InChI is InChI=1S/C21H19NO/c1-14(2)11-15-9-10-22-19(12-15)16-7-8-21-18(13-16)17-5-3-4-6-20(17)23-21/h3-10,12-14H,11H2,1-2H3. The molecule has 0 amide bonds. The molecule has 114 valence electrons. The van der Waals surface area contributed by atoms with Crippen LogP contribution < -0.4 is 0 Å². The maximum atomic E-state index is 5.90. The van der Waals surface area contributed by atoms with Crippen molar-refractivity contribution in [1.29, 1.82) is 0 Å². The van der Waals surface area contributed by atoms with Gasteiger partial charge < -0.3 is 4.42 Å². The Morgan fingerprint density at radius 2 is 1.74 bits per heavy atom. The average molecular weight is 301 g/mol. The lowest BCUT2D eigenvalue weighted by atomic mass is 10.0. The van der Waals surface area contributed by atoms with Crippen LogP contribution in [0.5, 0.6) is 0 Å². The van der Waals surface area contributed by atoms with Gasteiger partial charge in [-0.25, -0.2) is 0 Å². The summed E-state index contributed by atoms with van der Waals surface area (Å²) in [6, 6.07) is 18.8. The van der Waals surface area contributed by atoms with Crippen molar-refractivity contribution in [2.45, 2.75) is 20.3 Å². The summed E-state index contributed by atoms with van der Waals surface area (Å²) in [6.45, 7) is 4.48. The maximum absolute atomic E-state index is 5.90. The molecule has 0 unspecified atom stereocenters. The molecule has 0 atom stereocenters. The van der Waals surface area contributed by atoms with Gasteiger partial charge in [0.25, 0.3) is 0 Å². The molecule has 2 aromatic carbocycles. The van der Waals surface area contributed by atoms with Crippen LogP contribution in [0, 0.1) is 5.92 Å². The summed E-state index contributed by atoms with van der Waals surface area (Å²) in [6.07, 6.45) is 2.98. The molecular formula is C21H19NO. The lowest BCUT2D eigenvalue weighted by molar-refractivity contribution is 0.647. The number of aromatic nitrogens is 1. The molecule has 0 radical (unpaired) electrons. The molecule has 2 nitrogen and oxygen atoms in total. The second-order valence-corrected chi connectivity index (χ2v) is 6.46. The summed E-state index contributed by atoms with van der Waals surface area (Å²) >= 11 is 0. The quantitative estimate of drug-likeness (QED) is 0.474. The van der Waals surface area contributed by atoms with E-state index in [2.05, 4.69) is 49.2 Å². The molecule has 4 rings (SSSR count). The molecule has 2 heterocycles. The number of nitrogens with zero attached hydrogens (tertiary/aromatic N) is 1. The fraction of sp³-hybridized carbons (Fsp3) is 0.190. The topological polar surface area (TPSA) is 26.0 Å². The third-order valence-electron chi connectivity index (χ3n) is 4.14. The number of furan rings is 1. The molecule has 0 aliphatic carbocycles. The molecule has 0 fully saturated rings. The fourth-order valence-electron chi connectivity index (χ4n) is 3.12. The van der Waals surface area contributed by atoms with Gasteiger partial charge >= 0.3 is 0 Å². The summed E-state index contributed by atoms with van der Waals surface area (Å²) < 4.78 is 5.90. The molecule has 0 aliphatic heterocycles. The monoisotopic (exact) mass is 301 g/mol. The Labute approximate surface area is 135 Å². The molecule has 0 spiro atoms. The van der Waals surface area contributed by atoms with E-state index in [4.69, 9.17) is 4.42 Å². The number of pyridine rings is 1. The first kappa shape index (κ1) is 14.0. The van der Waals surface area contributed by atoms with E-state index in [9.17, 15) is 0 Å². The van der Waals surface area contributed by atoms with Crippen molar-refractivity contribution in [3.63, 3.8) is 0 Å². The third kappa shape index (κ3) is 2.61. The Kier molecular flexibility index (Phi) is 3.38. The molecule has 23 heavy (non-hydrogen) atoms. The van der Waals surface area contributed by atoms with E-state index in [1.807, 2.05) is 30.5 Å². The molecule has 0 saturated carbocycles. The van der Waals surface area contributed by atoms with Crippen molar-refractivity contribution in [1.82, 2.24) is 4.98 Å². The number of hydrogen-bond donors (Lipinski definition) is 0. The second kappa shape index (κ2) is 5.54. The molecule has 0 aliphatic rings. The zero-order chi connectivity index (χ0) is 15.8. The van der Waals surface area contributed by atoms with Crippen LogP contribution in [0.25, 0.3) is 33.2 Å². The van der Waals surface area contributed by atoms with Gasteiger partial charge in [-0.2, -0.15) is 0 Å². The molecule has 0 N–H and O–H groups in total. The number of benzene rings is 2. The normalized spacial score (nSPS) is 11.6. The second-order valence-electron chi connectivity index (χ2n) is 6.46. The summed E-state index contributed by atoms with van der Waals surface area (Å²) in [5.41, 5.74) is 5.35. The van der Waals surface area contributed by atoms with E-state index in [-0.39, 0.29) is 0 Å². The first-order chi connectivity index (χ1) is 11.2. The van der Waals surface area contributed by atoms with Gasteiger partial charge in [-0.15, -0.1) is 0 Å². The average Bonchev–Trinajstić information content (AvgIpc) is 2.92. The Morgan fingerprint density at radius 1 is 0.913 bits per heavy atom. The maximum Gasteiger partial charge on any atom is 0.135 e. The van der Waals surface area contributed by atoms with Crippen molar-refractivity contribution >= 4 is 21.9 Å². The van der Waals surface area contributed by atoms with E-state index < -0.39 is 0 Å². The Morgan fingerprint density at radius 3 is 2.61 bits per heavy atom. The van der Waals surface area contributed by atoms with Crippen molar-refractivity contribution in [3.8, 4) is 11.3 Å². The van der Waals surface area contributed by atoms with Crippen LogP contribution in [0.1, 0.15) is 19.4 Å². The Balaban J connectivity index is 1.84. The Bertz CT molecular complexity index is 981. The van der Waals surface area contributed by atoms with Gasteiger partial charge in [0.05, 0.1) is 5.69 Å². The highest BCUT2D eigenvalue weighted by atomic mass is 16.3. The molecule has 0 bridgehead atoms. The van der Waals surface area contributed by atoms with E-state index in [1.54, 1.807) is 0 Å². The highest BCUT2D eigenvalue weighted by Crippen LogP contribution is 2.31. The van der Waals surface area contributed by atoms with Gasteiger partial charge in [0, 0.05) is 22.5 Å². The third-order valence-corrected chi connectivity index (χ3v) is 4.14. The van der Waals surface area contributed by atoms with Gasteiger partial charge in [-0.3, -0.25) is 4.98 Å². The summed E-state index contributed by atoms with van der Waals surface area (Å²) in [5, 5.41) is 2.30. The van der Waals surface area contributed by atoms with Crippen molar-refractivity contribution in [2.24, 2.45) is 5.92 Å². The number of fused-ring (bicyclic) bond motifs is 3. The summed E-state index contributed by atoms with van der Waals surface area (Å²) in [7, 11) is 0. The number of hydrogen-bond acceptors (Lipinski definition) is 2. The van der Waals surface area contributed by atoms with Gasteiger partial charge in [0.15, 0.2) is 0 Å². The van der Waals surface area contributed by atoms with Crippen LogP contribution in [0.2, 0.25) is 0 Å². The van der Waals surface area contributed by atoms with Crippen LogP contribution in [0.3, 0.4) is 0 Å². The van der Waals surface area contributed by atoms with E-state index in [0.717, 1.165) is 39.6 Å². The van der Waals surface area contributed by atoms with Gasteiger partial charge in [-0.05, 0) is 54.3 Å². The van der Waals surface area contributed by atoms with E-state index >= 15 is 0 Å². The predicted octanol–water partition coefficient (Wildman–Crippen LogP) is 5.85. The van der Waals surface area contributed by atoms with Crippen molar-refractivity contribution in [3.05, 3.63) is 66.4 Å². The zero-order valence-electron chi connectivity index (χ0n) is 13.4. The van der Waals surface area contributed by atoms with E-state index in [1.165, 1.54) is 5.56 Å². The van der Waals surface area contributed by atoms with Crippen LogP contribution >= 0.6 is 0 Å². The van der Waals surface area contributed by atoms with Crippen LogP contribution in [-0.4, -0.2) is 4.98 Å². The number of rotatable bonds is 3. The van der Waals surface area contributed by atoms with Crippen LogP contribution in [0.4, 0.5) is 0 Å². The highest BCUT2D eigenvalue weighted by Gasteiger charge is 2.09. The zero-order valence-corrected chi connectivity index (χ0v) is 13.4. The lowest BCUT2D eigenvalue weighted by Crippen LogP contribution is -1.95. The molecule has 4 aromatic rings. The predicted molar refractivity (Wildman–Crippen MR) is 95.5 cm³/mol. The SMILES string of the molecule is CC(C)Cc1ccnc(-c2ccc3oc4ccccc4c3c2)c1. The minimum atomic E-state index is 0.644. The van der Waals surface area contributed by atoms with Crippen molar-refractivity contribution < 1.29 is 4.42 Å². The van der Waals surface area contributed by atoms with Gasteiger partial charge in [0.1, 0.15) is 11.2 Å². The fourth-order valence-corrected chi connectivity index (χ4v) is 3.12. The number of para-hydroxylation sites is 1. The van der Waals surface area contributed by atoms with E-state index in [0.29, 0.717) is 5.92 Å². The largest absolute Gasteiger partial charge is 0.456 e. The van der Waals surface area contributed by atoms with Gasteiger partial charge in [0.2, 0.25) is 0 Å². The summed E-state index contributed by atoms with van der Waals surface area (Å²) in [5.74, 6) is 0.644. The smallest absolute Gasteiger partial charge is 0.135 e. The minimum absolute atomic E-state index is 0.644. The molecular weight excluding hydrogens is 282 g/mol. The first-order valence-corrected chi connectivity index (χ1v) is 8.07. The van der Waals surface area contributed by atoms with Gasteiger partial charge in [-0.1, -0.05) is 32.0 Å². The highest BCUT2D eigenvalue weighted by molar-refractivity contribution is 6.06. The molecule has 2 aromatic heterocycles. The lowest BCUT2D eigenvalue weighted by Gasteiger charge is -2.07. The van der Waals surface area contributed by atoms with Crippen molar-refractivity contribution in [2.75, 3.05) is 0 Å².